The number of amides is 1. The van der Waals surface area contributed by atoms with E-state index in [9.17, 15) is 14.7 Å². The minimum absolute atomic E-state index is 0.0136. The Kier molecular flexibility index (Phi) is 5.00. The molecular weight excluding hydrogens is 382 g/mol. The van der Waals surface area contributed by atoms with Gasteiger partial charge in [-0.2, -0.15) is 0 Å². The van der Waals surface area contributed by atoms with Crippen LogP contribution in [0.25, 0.3) is 5.76 Å². The Hall–Kier alpha value is -2.57. The number of ether oxygens (including phenoxy) is 1. The zero-order chi connectivity index (χ0) is 19.8. The monoisotopic (exact) mass is 401 g/mol. The molecule has 2 aliphatic rings. The first-order valence-corrected chi connectivity index (χ1v) is 9.56. The molecule has 3 heterocycles. The summed E-state index contributed by atoms with van der Waals surface area (Å²) >= 11 is 5.92. The fraction of sp³-hybridized carbons (Fsp3) is 0.333. The lowest BCUT2D eigenvalue weighted by atomic mass is 9.99. The van der Waals surface area contributed by atoms with Crippen LogP contribution in [0.15, 0.2) is 46.4 Å². The van der Waals surface area contributed by atoms with Gasteiger partial charge >= 0.3 is 0 Å². The summed E-state index contributed by atoms with van der Waals surface area (Å²) in [6, 6.07) is 9.14. The van der Waals surface area contributed by atoms with Gasteiger partial charge in [-0.15, -0.1) is 0 Å². The zero-order valence-corrected chi connectivity index (χ0v) is 16.1. The molecule has 0 aliphatic carbocycles. The van der Waals surface area contributed by atoms with Gasteiger partial charge in [0.15, 0.2) is 0 Å². The number of carbonyl (C=O) groups excluding carboxylic acids is 2. The minimum Gasteiger partial charge on any atom is -0.507 e. The maximum Gasteiger partial charge on any atom is 0.295 e. The van der Waals surface area contributed by atoms with Gasteiger partial charge in [0.05, 0.1) is 11.7 Å². The quantitative estimate of drug-likeness (QED) is 0.478. The lowest BCUT2D eigenvalue weighted by Gasteiger charge is -2.25. The largest absolute Gasteiger partial charge is 0.507 e. The molecule has 0 radical (unpaired) electrons. The molecule has 1 N–H and O–H groups in total. The highest BCUT2D eigenvalue weighted by molar-refractivity contribution is 6.46. The molecule has 2 unspecified atom stereocenters. The van der Waals surface area contributed by atoms with Crippen LogP contribution in [0.3, 0.4) is 0 Å². The third-order valence-electron chi connectivity index (χ3n) is 5.11. The molecule has 28 heavy (non-hydrogen) atoms. The number of ketones is 1. The van der Waals surface area contributed by atoms with Gasteiger partial charge in [-0.25, -0.2) is 0 Å². The molecule has 6 nitrogen and oxygen atoms in total. The van der Waals surface area contributed by atoms with E-state index in [0.717, 1.165) is 12.8 Å². The van der Waals surface area contributed by atoms with Crippen LogP contribution >= 0.6 is 11.6 Å². The third kappa shape index (κ3) is 3.34. The average molecular weight is 402 g/mol. The number of likely N-dealkylation sites (tertiary alicyclic amines) is 1. The van der Waals surface area contributed by atoms with Crippen LogP contribution in [-0.4, -0.2) is 41.0 Å². The number of rotatable bonds is 4. The van der Waals surface area contributed by atoms with Crippen LogP contribution in [-0.2, 0) is 14.3 Å². The molecule has 1 aromatic carbocycles. The summed E-state index contributed by atoms with van der Waals surface area (Å²) in [4.78, 5) is 27.1. The van der Waals surface area contributed by atoms with Crippen LogP contribution in [0, 0.1) is 6.92 Å². The van der Waals surface area contributed by atoms with E-state index in [2.05, 4.69) is 0 Å². The minimum atomic E-state index is -0.798. The number of aliphatic hydroxyl groups is 1. The maximum absolute atomic E-state index is 12.8. The second-order valence-electron chi connectivity index (χ2n) is 7.04. The Morgan fingerprint density at radius 2 is 1.96 bits per heavy atom. The molecule has 1 aromatic heterocycles. The van der Waals surface area contributed by atoms with E-state index >= 15 is 0 Å². The highest BCUT2D eigenvalue weighted by Gasteiger charge is 2.48. The van der Waals surface area contributed by atoms with Crippen molar-refractivity contribution in [3.05, 3.63) is 64.1 Å². The molecule has 2 saturated heterocycles. The van der Waals surface area contributed by atoms with Crippen LogP contribution in [0.2, 0.25) is 5.02 Å². The van der Waals surface area contributed by atoms with Crippen molar-refractivity contribution >= 4 is 29.1 Å². The summed E-state index contributed by atoms with van der Waals surface area (Å²) in [7, 11) is 0. The van der Waals surface area contributed by atoms with Gasteiger partial charge in [0.2, 0.25) is 0 Å². The highest BCUT2D eigenvalue weighted by Crippen LogP contribution is 2.40. The van der Waals surface area contributed by atoms with E-state index < -0.39 is 17.7 Å². The summed E-state index contributed by atoms with van der Waals surface area (Å²) < 4.78 is 11.4. The molecule has 2 aromatic rings. The van der Waals surface area contributed by atoms with Crippen LogP contribution < -0.4 is 0 Å². The number of nitrogens with zero attached hydrogens (tertiary/aromatic N) is 1. The third-order valence-corrected chi connectivity index (χ3v) is 5.36. The molecule has 0 spiro atoms. The summed E-state index contributed by atoms with van der Waals surface area (Å²) in [5.74, 6) is -0.548. The second-order valence-corrected chi connectivity index (χ2v) is 7.48. The summed E-state index contributed by atoms with van der Waals surface area (Å²) in [5.41, 5.74) is 0.424. The van der Waals surface area contributed by atoms with Crippen molar-refractivity contribution in [1.82, 2.24) is 4.90 Å². The van der Waals surface area contributed by atoms with Gasteiger partial charge in [0.25, 0.3) is 11.7 Å². The molecule has 0 saturated carbocycles. The number of carbonyl (C=O) groups is 2. The van der Waals surface area contributed by atoms with Crippen LogP contribution in [0.5, 0.6) is 0 Å². The van der Waals surface area contributed by atoms with Gasteiger partial charge in [-0.1, -0.05) is 11.6 Å². The first-order valence-electron chi connectivity index (χ1n) is 9.18. The lowest BCUT2D eigenvalue weighted by Crippen LogP contribution is -2.36. The fourth-order valence-corrected chi connectivity index (χ4v) is 3.86. The van der Waals surface area contributed by atoms with Crippen molar-refractivity contribution in [3.8, 4) is 0 Å². The first-order chi connectivity index (χ1) is 13.5. The summed E-state index contributed by atoms with van der Waals surface area (Å²) in [6.07, 6.45) is 1.61. The van der Waals surface area contributed by atoms with Gasteiger partial charge in [0.1, 0.15) is 23.3 Å². The molecule has 4 rings (SSSR count). The lowest BCUT2D eigenvalue weighted by molar-refractivity contribution is -0.141. The fourth-order valence-electron chi connectivity index (χ4n) is 3.74. The Balaban J connectivity index is 1.80. The van der Waals surface area contributed by atoms with Crippen molar-refractivity contribution < 1.29 is 23.8 Å². The Morgan fingerprint density at radius 1 is 1.21 bits per heavy atom. The molecule has 1 amide bonds. The van der Waals surface area contributed by atoms with Crippen molar-refractivity contribution in [2.24, 2.45) is 0 Å². The molecule has 2 aliphatic heterocycles. The molecule has 7 heteroatoms. The second kappa shape index (κ2) is 7.45. The molecule has 146 valence electrons. The number of Topliss-reactive ketones (excluding diaryl/α,β-unsaturated/α-hetero) is 1. The number of aliphatic hydroxyl groups excluding tert-OH is 1. The van der Waals surface area contributed by atoms with Crippen molar-refractivity contribution in [1.29, 1.82) is 0 Å². The Morgan fingerprint density at radius 3 is 2.57 bits per heavy atom. The van der Waals surface area contributed by atoms with E-state index in [-0.39, 0.29) is 24.0 Å². The van der Waals surface area contributed by atoms with Crippen molar-refractivity contribution in [2.45, 2.75) is 31.9 Å². The predicted molar refractivity (Wildman–Crippen MR) is 103 cm³/mol. The number of halogens is 1. The standard InChI is InChI=1S/C21H20ClNO5/c1-12-4-9-16(28-12)18-17(19(24)13-5-7-14(22)8-6-13)20(25)21(26)23(18)11-15-3-2-10-27-15/h4-9,15,18,24H,2-3,10-11H2,1H3. The van der Waals surface area contributed by atoms with Crippen LogP contribution in [0.1, 0.15) is 36.0 Å². The van der Waals surface area contributed by atoms with Gasteiger partial charge in [0, 0.05) is 23.7 Å². The molecular formula is C21H20ClNO5. The SMILES string of the molecule is Cc1ccc(C2C(=C(O)c3ccc(Cl)cc3)C(=O)C(=O)N2CC2CCCO2)o1. The van der Waals surface area contributed by atoms with E-state index in [1.54, 1.807) is 43.3 Å². The average Bonchev–Trinajstić information content (AvgIpc) is 3.39. The van der Waals surface area contributed by atoms with E-state index in [1.807, 2.05) is 0 Å². The summed E-state index contributed by atoms with van der Waals surface area (Å²) in [5, 5.41) is 11.4. The predicted octanol–water partition coefficient (Wildman–Crippen LogP) is 3.84. The number of furan rings is 1. The normalized spacial score (nSPS) is 24.3. The Labute approximate surface area is 167 Å². The first kappa shape index (κ1) is 18.8. The highest BCUT2D eigenvalue weighted by atomic mass is 35.5. The number of hydrogen-bond donors (Lipinski definition) is 1. The van der Waals surface area contributed by atoms with Crippen molar-refractivity contribution in [2.75, 3.05) is 13.2 Å². The van der Waals surface area contributed by atoms with Crippen molar-refractivity contribution in [3.63, 3.8) is 0 Å². The van der Waals surface area contributed by atoms with Gasteiger partial charge in [-0.05, 0) is 56.2 Å². The van der Waals surface area contributed by atoms with E-state index in [1.165, 1.54) is 4.90 Å². The zero-order valence-electron chi connectivity index (χ0n) is 15.4. The molecule has 0 bridgehead atoms. The van der Waals surface area contributed by atoms with Gasteiger partial charge < -0.3 is 19.2 Å². The Bertz CT molecular complexity index is 940. The number of hydrogen-bond acceptors (Lipinski definition) is 5. The summed E-state index contributed by atoms with van der Waals surface area (Å²) in [6.45, 7) is 2.70. The molecule has 2 atom stereocenters. The smallest absolute Gasteiger partial charge is 0.295 e. The van der Waals surface area contributed by atoms with Gasteiger partial charge in [-0.3, -0.25) is 9.59 Å². The number of aryl methyl sites for hydroxylation is 1. The molecule has 2 fully saturated rings. The maximum atomic E-state index is 12.8. The number of benzene rings is 1. The van der Waals surface area contributed by atoms with Crippen LogP contribution in [0.4, 0.5) is 0 Å². The topological polar surface area (TPSA) is 80.0 Å². The van der Waals surface area contributed by atoms with E-state index in [4.69, 9.17) is 20.8 Å². The van der Waals surface area contributed by atoms with E-state index in [0.29, 0.717) is 28.7 Å².